The van der Waals surface area contributed by atoms with Crippen molar-refractivity contribution in [2.45, 2.75) is 39.3 Å². The fourth-order valence-corrected chi connectivity index (χ4v) is 3.14. The van der Waals surface area contributed by atoms with E-state index in [1.807, 2.05) is 6.92 Å². The summed E-state index contributed by atoms with van der Waals surface area (Å²) in [5, 5.41) is 5.76. The normalized spacial score (nSPS) is 18.4. The van der Waals surface area contributed by atoms with E-state index in [9.17, 15) is 18.0 Å². The minimum Gasteiger partial charge on any atom is -0.353 e. The smallest absolute Gasteiger partial charge is 0.235 e. The number of rotatable bonds is 7. The van der Waals surface area contributed by atoms with Crippen LogP contribution in [-0.4, -0.2) is 69.1 Å². The van der Waals surface area contributed by atoms with Crippen LogP contribution in [0.3, 0.4) is 0 Å². The summed E-state index contributed by atoms with van der Waals surface area (Å²) in [6.07, 6.45) is -0.0779. The van der Waals surface area contributed by atoms with Gasteiger partial charge >= 0.3 is 0 Å². The van der Waals surface area contributed by atoms with E-state index in [-0.39, 0.29) is 55.0 Å². The molecule has 1 unspecified atom stereocenters. The first kappa shape index (κ1) is 22.1. The molecule has 1 atom stereocenters. The molecule has 0 aromatic rings. The summed E-state index contributed by atoms with van der Waals surface area (Å²) >= 11 is 0. The molecule has 3 N–H and O–H groups in total. The van der Waals surface area contributed by atoms with Crippen molar-refractivity contribution in [3.63, 3.8) is 0 Å². The molecule has 0 spiro atoms. The Balaban J connectivity index is 0.00000484. The first-order chi connectivity index (χ1) is 10.2. The van der Waals surface area contributed by atoms with Crippen LogP contribution in [0, 0.1) is 0 Å². The lowest BCUT2D eigenvalue weighted by molar-refractivity contribution is -0.133. The van der Waals surface area contributed by atoms with Crippen molar-refractivity contribution in [1.29, 1.82) is 0 Å². The third-order valence-corrected chi connectivity index (χ3v) is 4.63. The summed E-state index contributed by atoms with van der Waals surface area (Å²) in [4.78, 5) is 25.2. The molecule has 0 saturated carbocycles. The van der Waals surface area contributed by atoms with Gasteiger partial charge in [-0.3, -0.25) is 9.59 Å². The number of hydrogen-bond donors (Lipinski definition) is 3. The topological polar surface area (TPSA) is 108 Å². The second kappa shape index (κ2) is 10.1. The molecule has 1 rings (SSSR count). The molecule has 8 nitrogen and oxygen atoms in total. The number of nitrogens with one attached hydrogen (secondary N) is 3. The van der Waals surface area contributed by atoms with Crippen molar-refractivity contribution in [3.05, 3.63) is 0 Å². The summed E-state index contributed by atoms with van der Waals surface area (Å²) in [6.45, 7) is 7.22. The van der Waals surface area contributed by atoms with Crippen molar-refractivity contribution < 1.29 is 18.0 Å². The van der Waals surface area contributed by atoms with Crippen LogP contribution in [0.5, 0.6) is 0 Å². The zero-order valence-corrected chi connectivity index (χ0v) is 15.4. The second-order valence-corrected chi connectivity index (χ2v) is 7.68. The molecular weight excluding hydrogens is 344 g/mol. The van der Waals surface area contributed by atoms with Gasteiger partial charge < -0.3 is 15.5 Å². The van der Waals surface area contributed by atoms with E-state index in [1.165, 1.54) is 0 Å². The fourth-order valence-electron chi connectivity index (χ4n) is 2.20. The van der Waals surface area contributed by atoms with Gasteiger partial charge in [0.2, 0.25) is 21.8 Å². The molecule has 0 aromatic carbocycles. The Kier molecular flexibility index (Phi) is 9.67. The van der Waals surface area contributed by atoms with Crippen molar-refractivity contribution in [2.24, 2.45) is 0 Å². The van der Waals surface area contributed by atoms with Crippen LogP contribution < -0.4 is 15.4 Å². The molecule has 136 valence electrons. The van der Waals surface area contributed by atoms with Gasteiger partial charge in [-0.05, 0) is 20.8 Å². The maximum atomic E-state index is 12.1. The standard InChI is InChI=1S/C13H26N4O4S.ClH/c1-10(2)16-12(18)9-15-22(20,21)7-4-13(19)17-6-5-14-8-11(17)3;/h10-11,14-15H,4-9H2,1-3H3,(H,16,18);1H. The number of sulfonamides is 1. The summed E-state index contributed by atoms with van der Waals surface area (Å²) in [6, 6.07) is 0.0153. The van der Waals surface area contributed by atoms with Gasteiger partial charge in [0.05, 0.1) is 12.3 Å². The third kappa shape index (κ3) is 8.50. The van der Waals surface area contributed by atoms with E-state index in [0.717, 1.165) is 6.54 Å². The Morgan fingerprint density at radius 2 is 2.00 bits per heavy atom. The molecule has 0 bridgehead atoms. The number of carbonyl (C=O) groups excluding carboxylic acids is 2. The number of nitrogens with zero attached hydrogens (tertiary/aromatic N) is 1. The van der Waals surface area contributed by atoms with E-state index in [0.29, 0.717) is 13.1 Å². The highest BCUT2D eigenvalue weighted by molar-refractivity contribution is 7.89. The average Bonchev–Trinajstić information content (AvgIpc) is 2.43. The Bertz CT molecular complexity index is 498. The summed E-state index contributed by atoms with van der Waals surface area (Å²) in [7, 11) is -3.64. The van der Waals surface area contributed by atoms with Crippen LogP contribution in [0.4, 0.5) is 0 Å². The predicted octanol–water partition coefficient (Wildman–Crippen LogP) is -0.937. The SMILES string of the molecule is CC(C)NC(=O)CNS(=O)(=O)CCC(=O)N1CCNCC1C.Cl. The predicted molar refractivity (Wildman–Crippen MR) is 91.0 cm³/mol. The zero-order valence-electron chi connectivity index (χ0n) is 13.8. The summed E-state index contributed by atoms with van der Waals surface area (Å²) in [5.74, 6) is -0.871. The number of carbonyl (C=O) groups is 2. The number of amides is 2. The highest BCUT2D eigenvalue weighted by atomic mass is 35.5. The Labute approximate surface area is 144 Å². The molecule has 1 heterocycles. The van der Waals surface area contributed by atoms with Gasteiger partial charge in [-0.15, -0.1) is 12.4 Å². The highest BCUT2D eigenvalue weighted by Crippen LogP contribution is 2.05. The first-order valence-electron chi connectivity index (χ1n) is 7.48. The Morgan fingerprint density at radius 3 is 2.57 bits per heavy atom. The monoisotopic (exact) mass is 370 g/mol. The largest absolute Gasteiger partial charge is 0.353 e. The quantitative estimate of drug-likeness (QED) is 0.536. The summed E-state index contributed by atoms with van der Waals surface area (Å²) < 4.78 is 25.8. The fraction of sp³-hybridized carbons (Fsp3) is 0.846. The van der Waals surface area contributed by atoms with Crippen LogP contribution >= 0.6 is 12.4 Å². The van der Waals surface area contributed by atoms with Gasteiger partial charge in [-0.2, -0.15) is 0 Å². The van der Waals surface area contributed by atoms with Crippen LogP contribution in [-0.2, 0) is 19.6 Å². The number of hydrogen-bond acceptors (Lipinski definition) is 5. The molecule has 23 heavy (non-hydrogen) atoms. The van der Waals surface area contributed by atoms with E-state index in [1.54, 1.807) is 18.7 Å². The Morgan fingerprint density at radius 1 is 1.35 bits per heavy atom. The van der Waals surface area contributed by atoms with Crippen LogP contribution in [0.1, 0.15) is 27.2 Å². The molecule has 1 aliphatic rings. The van der Waals surface area contributed by atoms with Crippen LogP contribution in [0.25, 0.3) is 0 Å². The van der Waals surface area contributed by atoms with Gasteiger partial charge in [0.25, 0.3) is 0 Å². The van der Waals surface area contributed by atoms with Gasteiger partial charge in [0.1, 0.15) is 0 Å². The second-order valence-electron chi connectivity index (χ2n) is 5.75. The molecule has 1 fully saturated rings. The Hall–Kier alpha value is -0.900. The van der Waals surface area contributed by atoms with Crippen molar-refractivity contribution in [3.8, 4) is 0 Å². The minimum absolute atomic E-state index is 0. The molecule has 1 saturated heterocycles. The summed E-state index contributed by atoms with van der Waals surface area (Å²) in [5.41, 5.74) is 0. The molecular formula is C13H27ClN4O4S. The van der Waals surface area contributed by atoms with Gasteiger partial charge in [0, 0.05) is 38.1 Å². The van der Waals surface area contributed by atoms with Gasteiger partial charge in [-0.1, -0.05) is 0 Å². The number of piperazine rings is 1. The van der Waals surface area contributed by atoms with Crippen molar-refractivity contribution in [1.82, 2.24) is 20.3 Å². The molecule has 0 aliphatic carbocycles. The highest BCUT2D eigenvalue weighted by Gasteiger charge is 2.24. The average molecular weight is 371 g/mol. The van der Waals surface area contributed by atoms with E-state index in [4.69, 9.17) is 0 Å². The molecule has 10 heteroatoms. The molecule has 2 amide bonds. The first-order valence-corrected chi connectivity index (χ1v) is 9.13. The molecule has 0 aromatic heterocycles. The van der Waals surface area contributed by atoms with Gasteiger partial charge in [0.15, 0.2) is 0 Å². The van der Waals surface area contributed by atoms with Crippen molar-refractivity contribution >= 4 is 34.2 Å². The lowest BCUT2D eigenvalue weighted by atomic mass is 10.2. The third-order valence-electron chi connectivity index (χ3n) is 3.31. The van der Waals surface area contributed by atoms with E-state index in [2.05, 4.69) is 15.4 Å². The van der Waals surface area contributed by atoms with E-state index >= 15 is 0 Å². The van der Waals surface area contributed by atoms with Crippen LogP contribution in [0.2, 0.25) is 0 Å². The lowest BCUT2D eigenvalue weighted by Crippen LogP contribution is -2.52. The minimum atomic E-state index is -3.64. The van der Waals surface area contributed by atoms with Crippen LogP contribution in [0.15, 0.2) is 0 Å². The van der Waals surface area contributed by atoms with Crippen molar-refractivity contribution in [2.75, 3.05) is 31.9 Å². The maximum absolute atomic E-state index is 12.1. The molecule has 1 aliphatic heterocycles. The maximum Gasteiger partial charge on any atom is 0.235 e. The van der Waals surface area contributed by atoms with Gasteiger partial charge in [-0.25, -0.2) is 13.1 Å². The lowest BCUT2D eigenvalue weighted by Gasteiger charge is -2.34. The van der Waals surface area contributed by atoms with E-state index < -0.39 is 10.0 Å². The zero-order chi connectivity index (χ0) is 16.8. The molecule has 0 radical (unpaired) electrons. The number of halogens is 1.